The minimum atomic E-state index is 0.637. The Kier molecular flexibility index (Phi) is 4.71. The van der Waals surface area contributed by atoms with E-state index in [0.717, 1.165) is 51.4 Å². The standard InChI is InChI=1S/C17H24N6O/c1-5-18-17(19-6-1)20-11-15-16-12-22(14-3-9-24-10-4-14)7-2-8-23(16)13-21-15/h1,5-6,13-14H,2-4,7-12H2,(H,18,19,20). The molecule has 0 saturated carbocycles. The molecule has 4 heterocycles. The van der Waals surface area contributed by atoms with Gasteiger partial charge in [-0.15, -0.1) is 0 Å². The lowest BCUT2D eigenvalue weighted by Gasteiger charge is -2.33. The number of imidazole rings is 1. The zero-order chi connectivity index (χ0) is 16.2. The zero-order valence-corrected chi connectivity index (χ0v) is 13.9. The number of fused-ring (bicyclic) bond motifs is 1. The van der Waals surface area contributed by atoms with Crippen molar-refractivity contribution in [3.05, 3.63) is 36.2 Å². The maximum atomic E-state index is 5.52. The average Bonchev–Trinajstić information content (AvgIpc) is 2.89. The van der Waals surface area contributed by atoms with E-state index >= 15 is 0 Å². The molecule has 0 unspecified atom stereocenters. The number of hydrogen-bond donors (Lipinski definition) is 1. The molecule has 0 radical (unpaired) electrons. The summed E-state index contributed by atoms with van der Waals surface area (Å²) in [5.41, 5.74) is 2.42. The van der Waals surface area contributed by atoms with Crippen LogP contribution in [0.5, 0.6) is 0 Å². The van der Waals surface area contributed by atoms with E-state index in [-0.39, 0.29) is 0 Å². The van der Waals surface area contributed by atoms with E-state index in [1.165, 1.54) is 12.1 Å². The Morgan fingerprint density at radius 2 is 1.96 bits per heavy atom. The topological polar surface area (TPSA) is 68.1 Å². The Morgan fingerprint density at radius 1 is 1.12 bits per heavy atom. The Balaban J connectivity index is 1.47. The first-order valence-electron chi connectivity index (χ1n) is 8.76. The number of nitrogens with zero attached hydrogens (tertiary/aromatic N) is 5. The lowest BCUT2D eigenvalue weighted by molar-refractivity contribution is 0.0314. The highest BCUT2D eigenvalue weighted by molar-refractivity contribution is 5.26. The average molecular weight is 328 g/mol. The number of nitrogens with one attached hydrogen (secondary N) is 1. The van der Waals surface area contributed by atoms with E-state index in [2.05, 4.69) is 29.7 Å². The van der Waals surface area contributed by atoms with Gasteiger partial charge in [-0.2, -0.15) is 0 Å². The lowest BCUT2D eigenvalue weighted by Crippen LogP contribution is -2.39. The van der Waals surface area contributed by atoms with Gasteiger partial charge in [0.15, 0.2) is 0 Å². The first-order chi connectivity index (χ1) is 11.9. The second kappa shape index (κ2) is 7.27. The summed E-state index contributed by atoms with van der Waals surface area (Å²) >= 11 is 0. The van der Waals surface area contributed by atoms with E-state index in [1.807, 2.05) is 12.4 Å². The van der Waals surface area contributed by atoms with Crippen molar-refractivity contribution in [3.63, 3.8) is 0 Å². The zero-order valence-electron chi connectivity index (χ0n) is 13.9. The number of hydrogen-bond acceptors (Lipinski definition) is 6. The molecule has 0 spiro atoms. The summed E-state index contributed by atoms with van der Waals surface area (Å²) < 4.78 is 7.83. The maximum absolute atomic E-state index is 5.52. The molecule has 0 aliphatic carbocycles. The Labute approximate surface area is 142 Å². The summed E-state index contributed by atoms with van der Waals surface area (Å²) in [5.74, 6) is 0.647. The summed E-state index contributed by atoms with van der Waals surface area (Å²) in [6.45, 7) is 5.61. The summed E-state index contributed by atoms with van der Waals surface area (Å²) in [7, 11) is 0. The third-order valence-corrected chi connectivity index (χ3v) is 4.92. The molecule has 7 heteroatoms. The molecule has 24 heavy (non-hydrogen) atoms. The van der Waals surface area contributed by atoms with Crippen molar-refractivity contribution in [2.24, 2.45) is 0 Å². The molecule has 1 saturated heterocycles. The molecular weight excluding hydrogens is 304 g/mol. The predicted molar refractivity (Wildman–Crippen MR) is 90.5 cm³/mol. The van der Waals surface area contributed by atoms with Crippen molar-refractivity contribution in [3.8, 4) is 0 Å². The van der Waals surface area contributed by atoms with Crippen molar-refractivity contribution in [1.82, 2.24) is 24.4 Å². The summed E-state index contributed by atoms with van der Waals surface area (Å²) in [6.07, 6.45) is 8.92. The van der Waals surface area contributed by atoms with Crippen LogP contribution in [0.4, 0.5) is 5.95 Å². The van der Waals surface area contributed by atoms with Crippen LogP contribution in [0.25, 0.3) is 0 Å². The number of ether oxygens (including phenoxy) is 1. The van der Waals surface area contributed by atoms with Crippen molar-refractivity contribution in [2.45, 2.75) is 44.9 Å². The monoisotopic (exact) mass is 328 g/mol. The van der Waals surface area contributed by atoms with Gasteiger partial charge in [-0.25, -0.2) is 15.0 Å². The molecule has 1 N–H and O–H groups in total. The number of rotatable bonds is 4. The second-order valence-corrected chi connectivity index (χ2v) is 6.42. The highest BCUT2D eigenvalue weighted by Crippen LogP contribution is 2.22. The highest BCUT2D eigenvalue weighted by atomic mass is 16.5. The molecule has 0 aromatic carbocycles. The first kappa shape index (κ1) is 15.5. The van der Waals surface area contributed by atoms with Crippen LogP contribution in [0.2, 0.25) is 0 Å². The third kappa shape index (κ3) is 3.42. The van der Waals surface area contributed by atoms with E-state index in [0.29, 0.717) is 18.5 Å². The molecular formula is C17H24N6O. The number of anilines is 1. The van der Waals surface area contributed by atoms with Gasteiger partial charge in [0, 0.05) is 51.3 Å². The Morgan fingerprint density at radius 3 is 2.79 bits per heavy atom. The first-order valence-corrected chi connectivity index (χ1v) is 8.76. The second-order valence-electron chi connectivity index (χ2n) is 6.42. The fourth-order valence-electron chi connectivity index (χ4n) is 3.60. The minimum absolute atomic E-state index is 0.637. The van der Waals surface area contributed by atoms with Crippen LogP contribution in [0.3, 0.4) is 0 Å². The van der Waals surface area contributed by atoms with Crippen LogP contribution >= 0.6 is 0 Å². The molecule has 0 bridgehead atoms. The molecule has 7 nitrogen and oxygen atoms in total. The smallest absolute Gasteiger partial charge is 0.222 e. The SMILES string of the molecule is c1cnc(NCc2ncn3c2CN(C2CCOCC2)CCC3)nc1. The fraction of sp³-hybridized carbons (Fsp3) is 0.588. The molecule has 128 valence electrons. The summed E-state index contributed by atoms with van der Waals surface area (Å²) in [5, 5.41) is 3.28. The van der Waals surface area contributed by atoms with Crippen molar-refractivity contribution < 1.29 is 4.74 Å². The van der Waals surface area contributed by atoms with Gasteiger partial charge < -0.3 is 14.6 Å². The predicted octanol–water partition coefficient (Wildman–Crippen LogP) is 1.67. The fourth-order valence-corrected chi connectivity index (χ4v) is 3.60. The lowest BCUT2D eigenvalue weighted by atomic mass is 10.1. The highest BCUT2D eigenvalue weighted by Gasteiger charge is 2.25. The van der Waals surface area contributed by atoms with E-state index in [4.69, 9.17) is 4.74 Å². The van der Waals surface area contributed by atoms with E-state index < -0.39 is 0 Å². The van der Waals surface area contributed by atoms with E-state index in [9.17, 15) is 0 Å². The van der Waals surface area contributed by atoms with Gasteiger partial charge in [-0.1, -0.05) is 0 Å². The Hall–Kier alpha value is -1.99. The van der Waals surface area contributed by atoms with Gasteiger partial charge in [0.25, 0.3) is 0 Å². The molecule has 2 aromatic heterocycles. The van der Waals surface area contributed by atoms with Gasteiger partial charge in [-0.05, 0) is 25.3 Å². The maximum Gasteiger partial charge on any atom is 0.222 e. The quantitative estimate of drug-likeness (QED) is 0.921. The molecule has 2 aromatic rings. The molecule has 1 fully saturated rings. The molecule has 0 amide bonds. The van der Waals surface area contributed by atoms with Gasteiger partial charge >= 0.3 is 0 Å². The van der Waals surface area contributed by atoms with Crippen LogP contribution < -0.4 is 5.32 Å². The number of aryl methyl sites for hydroxylation is 1. The molecule has 0 atom stereocenters. The van der Waals surface area contributed by atoms with Gasteiger partial charge in [0.2, 0.25) is 5.95 Å². The van der Waals surface area contributed by atoms with Crippen LogP contribution in [0.1, 0.15) is 30.7 Å². The van der Waals surface area contributed by atoms with Crippen molar-refractivity contribution in [1.29, 1.82) is 0 Å². The van der Waals surface area contributed by atoms with Gasteiger partial charge in [0.1, 0.15) is 0 Å². The summed E-state index contributed by atoms with van der Waals surface area (Å²) in [4.78, 5) is 15.7. The minimum Gasteiger partial charge on any atom is -0.381 e. The van der Waals surface area contributed by atoms with E-state index in [1.54, 1.807) is 12.4 Å². The molecule has 2 aliphatic heterocycles. The largest absolute Gasteiger partial charge is 0.381 e. The van der Waals surface area contributed by atoms with Crippen molar-refractivity contribution >= 4 is 5.95 Å². The van der Waals surface area contributed by atoms with Crippen molar-refractivity contribution in [2.75, 3.05) is 25.1 Å². The van der Waals surface area contributed by atoms with Crippen LogP contribution in [0.15, 0.2) is 24.8 Å². The normalized spacial score (nSPS) is 19.7. The van der Waals surface area contributed by atoms with Gasteiger partial charge in [0.05, 0.1) is 24.3 Å². The summed E-state index contributed by atoms with van der Waals surface area (Å²) in [6, 6.07) is 2.46. The van der Waals surface area contributed by atoms with Crippen LogP contribution in [-0.4, -0.2) is 50.2 Å². The van der Waals surface area contributed by atoms with Gasteiger partial charge in [-0.3, -0.25) is 4.90 Å². The molecule has 2 aliphatic rings. The van der Waals surface area contributed by atoms with Crippen LogP contribution in [0, 0.1) is 0 Å². The third-order valence-electron chi connectivity index (χ3n) is 4.92. The number of aromatic nitrogens is 4. The van der Waals surface area contributed by atoms with Crippen LogP contribution in [-0.2, 0) is 24.4 Å². The molecule has 4 rings (SSSR count). The Bertz CT molecular complexity index is 652.